The monoisotopic (exact) mass is 129 g/mol. The molecule has 0 aliphatic rings. The maximum atomic E-state index is 10.2. The molecule has 9 heavy (non-hydrogen) atoms. The number of carbonyl (C=O) groups is 1. The normalized spacial score (nSPS) is 12.6. The second-order valence-electron chi connectivity index (χ2n) is 1.88. The zero-order chi connectivity index (χ0) is 7.28. The third kappa shape index (κ3) is 2.85. The standard InChI is InChI=1S/C6H11NO2/c1-2-5(3-4-7)6(8)9/h4-5,7H,2-3H2,1H3,(H,8,9). The van der Waals surface area contributed by atoms with E-state index in [9.17, 15) is 4.79 Å². The van der Waals surface area contributed by atoms with Crippen molar-refractivity contribution in [2.75, 3.05) is 0 Å². The molecule has 0 fully saturated rings. The molecule has 2 N–H and O–H groups in total. The highest BCUT2D eigenvalue weighted by atomic mass is 16.4. The van der Waals surface area contributed by atoms with Crippen molar-refractivity contribution in [2.24, 2.45) is 5.92 Å². The van der Waals surface area contributed by atoms with Crippen LogP contribution in [0.1, 0.15) is 19.8 Å². The Hall–Kier alpha value is -0.860. The number of hydrogen-bond acceptors (Lipinski definition) is 2. The molecule has 0 spiro atoms. The highest BCUT2D eigenvalue weighted by molar-refractivity contribution is 5.73. The molecule has 0 aromatic heterocycles. The lowest BCUT2D eigenvalue weighted by Crippen LogP contribution is -2.12. The lowest BCUT2D eigenvalue weighted by molar-refractivity contribution is -0.141. The highest BCUT2D eigenvalue weighted by Gasteiger charge is 2.11. The molecular weight excluding hydrogens is 118 g/mol. The van der Waals surface area contributed by atoms with Gasteiger partial charge in [-0.2, -0.15) is 0 Å². The van der Waals surface area contributed by atoms with Crippen molar-refractivity contribution in [3.63, 3.8) is 0 Å². The number of nitrogens with one attached hydrogen (secondary N) is 1. The second kappa shape index (κ2) is 4.06. The van der Waals surface area contributed by atoms with E-state index in [0.717, 1.165) is 6.21 Å². The summed E-state index contributed by atoms with van der Waals surface area (Å²) in [5.41, 5.74) is 0. The number of aliphatic carboxylic acids is 1. The molecular formula is C6H11NO2. The Morgan fingerprint density at radius 3 is 2.56 bits per heavy atom. The van der Waals surface area contributed by atoms with Crippen LogP contribution in [0.25, 0.3) is 0 Å². The van der Waals surface area contributed by atoms with E-state index in [0.29, 0.717) is 12.8 Å². The molecule has 0 radical (unpaired) electrons. The third-order valence-electron chi connectivity index (χ3n) is 1.24. The van der Waals surface area contributed by atoms with Gasteiger partial charge in [0.2, 0.25) is 0 Å². The van der Waals surface area contributed by atoms with Crippen LogP contribution in [0.15, 0.2) is 0 Å². The van der Waals surface area contributed by atoms with E-state index < -0.39 is 5.97 Å². The first kappa shape index (κ1) is 8.14. The minimum Gasteiger partial charge on any atom is -0.481 e. The molecule has 3 heteroatoms. The molecule has 0 amide bonds. The van der Waals surface area contributed by atoms with E-state index in [1.807, 2.05) is 6.92 Å². The summed E-state index contributed by atoms with van der Waals surface area (Å²) in [4.78, 5) is 10.2. The van der Waals surface area contributed by atoms with E-state index in [1.54, 1.807) is 0 Å². The Bertz CT molecular complexity index is 112. The topological polar surface area (TPSA) is 61.2 Å². The second-order valence-corrected chi connectivity index (χ2v) is 1.88. The molecule has 1 atom stereocenters. The van der Waals surface area contributed by atoms with Gasteiger partial charge in [-0.15, -0.1) is 0 Å². The maximum absolute atomic E-state index is 10.2. The van der Waals surface area contributed by atoms with Gasteiger partial charge >= 0.3 is 5.97 Å². The predicted octanol–water partition coefficient (Wildman–Crippen LogP) is 1.14. The first-order chi connectivity index (χ1) is 4.22. The SMILES string of the molecule is CCC(CC=N)C(=O)O. The van der Waals surface area contributed by atoms with Crippen molar-refractivity contribution < 1.29 is 9.90 Å². The van der Waals surface area contributed by atoms with Crippen LogP contribution in [-0.4, -0.2) is 17.3 Å². The lowest BCUT2D eigenvalue weighted by Gasteiger charge is -2.02. The average Bonchev–Trinajstić information content (AvgIpc) is 1.82. The van der Waals surface area contributed by atoms with Gasteiger partial charge in [-0.1, -0.05) is 6.92 Å². The number of carboxylic acid groups (broad SMARTS) is 1. The zero-order valence-corrected chi connectivity index (χ0v) is 5.42. The average molecular weight is 129 g/mol. The van der Waals surface area contributed by atoms with Gasteiger partial charge < -0.3 is 10.5 Å². The van der Waals surface area contributed by atoms with Gasteiger partial charge in [0, 0.05) is 0 Å². The first-order valence-corrected chi connectivity index (χ1v) is 2.94. The summed E-state index contributed by atoms with van der Waals surface area (Å²) >= 11 is 0. The predicted molar refractivity (Wildman–Crippen MR) is 34.8 cm³/mol. The molecule has 0 saturated carbocycles. The van der Waals surface area contributed by atoms with Crippen molar-refractivity contribution >= 4 is 12.2 Å². The van der Waals surface area contributed by atoms with Crippen LogP contribution in [0.2, 0.25) is 0 Å². The van der Waals surface area contributed by atoms with Gasteiger partial charge in [0.15, 0.2) is 0 Å². The quantitative estimate of drug-likeness (QED) is 0.559. The van der Waals surface area contributed by atoms with Gasteiger partial charge in [0.05, 0.1) is 5.92 Å². The summed E-state index contributed by atoms with van der Waals surface area (Å²) in [5.74, 6) is -1.16. The van der Waals surface area contributed by atoms with Crippen molar-refractivity contribution in [2.45, 2.75) is 19.8 Å². The molecule has 52 valence electrons. The Kier molecular flexibility index (Phi) is 3.67. The van der Waals surface area contributed by atoms with E-state index in [1.165, 1.54) is 0 Å². The van der Waals surface area contributed by atoms with Crippen molar-refractivity contribution in [3.05, 3.63) is 0 Å². The largest absolute Gasteiger partial charge is 0.481 e. The van der Waals surface area contributed by atoms with Crippen LogP contribution < -0.4 is 0 Å². The Balaban J connectivity index is 3.67. The zero-order valence-electron chi connectivity index (χ0n) is 5.42. The van der Waals surface area contributed by atoms with Gasteiger partial charge in [-0.05, 0) is 19.1 Å². The third-order valence-corrected chi connectivity index (χ3v) is 1.24. The first-order valence-electron chi connectivity index (χ1n) is 2.94. The fourth-order valence-electron chi connectivity index (χ4n) is 0.584. The highest BCUT2D eigenvalue weighted by Crippen LogP contribution is 2.04. The molecule has 3 nitrogen and oxygen atoms in total. The van der Waals surface area contributed by atoms with Crippen LogP contribution in [-0.2, 0) is 4.79 Å². The van der Waals surface area contributed by atoms with Gasteiger partial charge in [-0.3, -0.25) is 4.79 Å². The maximum Gasteiger partial charge on any atom is 0.306 e. The molecule has 0 aliphatic carbocycles. The van der Waals surface area contributed by atoms with Crippen molar-refractivity contribution in [3.8, 4) is 0 Å². The fourth-order valence-corrected chi connectivity index (χ4v) is 0.584. The summed E-state index contributed by atoms with van der Waals surface area (Å²) in [7, 11) is 0. The molecule has 0 aliphatic heterocycles. The van der Waals surface area contributed by atoms with E-state index >= 15 is 0 Å². The minimum atomic E-state index is -0.805. The van der Waals surface area contributed by atoms with E-state index in [-0.39, 0.29) is 5.92 Å². The van der Waals surface area contributed by atoms with E-state index in [4.69, 9.17) is 10.5 Å². The molecule has 0 saturated heterocycles. The molecule has 0 aromatic rings. The molecule has 0 heterocycles. The van der Waals surface area contributed by atoms with Crippen LogP contribution in [0.4, 0.5) is 0 Å². The Morgan fingerprint density at radius 1 is 1.89 bits per heavy atom. The number of hydrogen-bond donors (Lipinski definition) is 2. The lowest BCUT2D eigenvalue weighted by atomic mass is 10.0. The van der Waals surface area contributed by atoms with Crippen molar-refractivity contribution in [1.82, 2.24) is 0 Å². The van der Waals surface area contributed by atoms with Crippen LogP contribution in [0, 0.1) is 11.3 Å². The van der Waals surface area contributed by atoms with Gasteiger partial charge in [0.25, 0.3) is 0 Å². The van der Waals surface area contributed by atoms with Gasteiger partial charge in [0.1, 0.15) is 0 Å². The summed E-state index contributed by atoms with van der Waals surface area (Å²) < 4.78 is 0. The summed E-state index contributed by atoms with van der Waals surface area (Å²) in [6.45, 7) is 1.81. The van der Waals surface area contributed by atoms with E-state index in [2.05, 4.69) is 0 Å². The molecule has 1 unspecified atom stereocenters. The fraction of sp³-hybridized carbons (Fsp3) is 0.667. The van der Waals surface area contributed by atoms with Gasteiger partial charge in [-0.25, -0.2) is 0 Å². The molecule has 0 rings (SSSR count). The van der Waals surface area contributed by atoms with Crippen molar-refractivity contribution in [1.29, 1.82) is 5.41 Å². The number of rotatable bonds is 4. The summed E-state index contributed by atoms with van der Waals surface area (Å²) in [5, 5.41) is 15.0. The number of carboxylic acids is 1. The van der Waals surface area contributed by atoms with Crippen LogP contribution in [0.5, 0.6) is 0 Å². The van der Waals surface area contributed by atoms with Crippen LogP contribution in [0.3, 0.4) is 0 Å². The summed E-state index contributed by atoms with van der Waals surface area (Å²) in [6, 6.07) is 0. The Labute approximate surface area is 54.2 Å². The van der Waals surface area contributed by atoms with Crippen LogP contribution >= 0.6 is 0 Å². The molecule has 0 aromatic carbocycles. The smallest absolute Gasteiger partial charge is 0.306 e. The minimum absolute atomic E-state index is 0.353. The summed E-state index contributed by atoms with van der Waals surface area (Å²) in [6.07, 6.45) is 2.10. The molecule has 0 bridgehead atoms. The Morgan fingerprint density at radius 2 is 2.44 bits per heavy atom.